The van der Waals surface area contributed by atoms with Gasteiger partial charge in [0.15, 0.2) is 6.29 Å². The summed E-state index contributed by atoms with van der Waals surface area (Å²) in [6.45, 7) is 13.3. The van der Waals surface area contributed by atoms with Crippen molar-refractivity contribution in [1.82, 2.24) is 4.90 Å². The summed E-state index contributed by atoms with van der Waals surface area (Å²) < 4.78 is 36.4. The Hall–Kier alpha value is -2.65. The van der Waals surface area contributed by atoms with Crippen molar-refractivity contribution in [3.05, 3.63) is 29.8 Å². The van der Waals surface area contributed by atoms with E-state index in [1.165, 1.54) is 21.0 Å². The van der Waals surface area contributed by atoms with Crippen molar-refractivity contribution in [2.45, 2.75) is 141 Å². The van der Waals surface area contributed by atoms with Gasteiger partial charge >= 0.3 is 11.9 Å². The molecule has 0 amide bonds. The molecule has 52 heavy (non-hydrogen) atoms. The fourth-order valence-corrected chi connectivity index (χ4v) is 7.89. The number of hydrogen-bond acceptors (Lipinski definition) is 13. The highest BCUT2D eigenvalue weighted by Gasteiger charge is 2.53. The highest BCUT2D eigenvalue weighted by Crippen LogP contribution is 2.40. The second-order valence-corrected chi connectivity index (χ2v) is 15.6. The van der Waals surface area contributed by atoms with Crippen LogP contribution < -0.4 is 4.74 Å². The molecule has 0 radical (unpaired) electrons. The minimum absolute atomic E-state index is 0.0779. The SMILES string of the molecule is CC[C@H]1OC(=O)[C@H](C)[C@@H](OC(=O)Cc2ccc(OC)cc2)[C@H](C)[C@@H](O[C@@H]2O[C@H](C)C[C@H](N(C)C)[C@H]2O)[C@@](C)(OC)C[C@@H](C)C(=O)[C@H](C)[C@@H](O)[C@]1(C)O. The van der Waals surface area contributed by atoms with Crippen molar-refractivity contribution >= 4 is 17.7 Å². The Bertz CT molecular complexity index is 1340. The van der Waals surface area contributed by atoms with Crippen LogP contribution in [0.4, 0.5) is 0 Å². The molecule has 0 saturated carbocycles. The number of methoxy groups -OCH3 is 2. The topological polar surface area (TPSA) is 171 Å². The first kappa shape index (κ1) is 43.8. The molecule has 13 nitrogen and oxygen atoms in total. The summed E-state index contributed by atoms with van der Waals surface area (Å²) >= 11 is 0. The first-order valence-electron chi connectivity index (χ1n) is 18.4. The lowest BCUT2D eigenvalue weighted by molar-refractivity contribution is -0.301. The average Bonchev–Trinajstić information content (AvgIpc) is 3.10. The van der Waals surface area contributed by atoms with Crippen molar-refractivity contribution < 1.29 is 58.1 Å². The molecule has 2 saturated heterocycles. The fraction of sp³-hybridized carbons (Fsp3) is 0.769. The standard InChI is InChI=1S/C39H63NO12/c1-13-29-39(8,46)34(44)23(4)31(42)21(2)20-38(7,48-12)35(52-37-32(43)28(40(9)10)18-22(3)49-37)24(5)33(25(6)36(45)50-29)51-30(41)19-26-14-16-27(47-11)17-15-26/h14-17,21-25,28-29,32-35,37,43-44,46H,13,18-20H2,1-12H3/t21-,22-,23+,24+,25-,28+,29-,32-,33+,34-,35-,37+,38+,39-/m1/s1. The Morgan fingerprint density at radius 2 is 1.62 bits per heavy atom. The minimum atomic E-state index is -1.99. The Morgan fingerprint density at radius 3 is 2.15 bits per heavy atom. The molecule has 0 aliphatic carbocycles. The van der Waals surface area contributed by atoms with Gasteiger partial charge in [0.25, 0.3) is 0 Å². The van der Waals surface area contributed by atoms with Gasteiger partial charge in [0, 0.05) is 30.9 Å². The molecule has 2 heterocycles. The number of hydrogen-bond donors (Lipinski definition) is 3. The quantitative estimate of drug-likeness (QED) is 0.316. The molecular formula is C39H63NO12. The largest absolute Gasteiger partial charge is 0.497 e. The van der Waals surface area contributed by atoms with Crippen LogP contribution in [0.25, 0.3) is 0 Å². The third kappa shape index (κ3) is 9.90. The summed E-state index contributed by atoms with van der Waals surface area (Å²) in [7, 11) is 6.75. The smallest absolute Gasteiger partial charge is 0.312 e. The molecule has 2 aliphatic heterocycles. The molecule has 3 N–H and O–H groups in total. The van der Waals surface area contributed by atoms with Gasteiger partial charge in [-0.05, 0) is 78.7 Å². The van der Waals surface area contributed by atoms with Crippen LogP contribution >= 0.6 is 0 Å². The Morgan fingerprint density at radius 1 is 1.00 bits per heavy atom. The van der Waals surface area contributed by atoms with E-state index in [1.54, 1.807) is 66.0 Å². The summed E-state index contributed by atoms with van der Waals surface area (Å²) in [6, 6.07) is 6.64. The second kappa shape index (κ2) is 18.1. The Balaban J connectivity index is 2.18. The van der Waals surface area contributed by atoms with Crippen LogP contribution in [0, 0.1) is 23.7 Å². The van der Waals surface area contributed by atoms with Crippen molar-refractivity contribution in [3.63, 3.8) is 0 Å². The van der Waals surface area contributed by atoms with Crippen LogP contribution in [0.3, 0.4) is 0 Å². The number of carbonyl (C=O) groups excluding carboxylic acids is 3. The van der Waals surface area contributed by atoms with Crippen LogP contribution in [-0.4, -0.2) is 126 Å². The summed E-state index contributed by atoms with van der Waals surface area (Å²) in [4.78, 5) is 43.5. The van der Waals surface area contributed by atoms with Crippen LogP contribution in [0.1, 0.15) is 80.2 Å². The summed E-state index contributed by atoms with van der Waals surface area (Å²) in [5.74, 6) is -4.79. The monoisotopic (exact) mass is 737 g/mol. The molecule has 1 aromatic rings. The lowest BCUT2D eigenvalue weighted by Crippen LogP contribution is -2.60. The van der Waals surface area contributed by atoms with E-state index in [-0.39, 0.29) is 37.2 Å². The molecule has 3 rings (SSSR count). The molecule has 0 spiro atoms. The minimum Gasteiger partial charge on any atom is -0.497 e. The number of likely N-dealkylation sites (N-methyl/N-ethyl adjacent to an activating group) is 1. The highest BCUT2D eigenvalue weighted by atomic mass is 16.7. The van der Waals surface area contributed by atoms with Gasteiger partial charge in [-0.25, -0.2) is 0 Å². The van der Waals surface area contributed by atoms with Gasteiger partial charge in [-0.15, -0.1) is 0 Å². The Labute approximate surface area is 309 Å². The molecule has 14 atom stereocenters. The predicted octanol–water partition coefficient (Wildman–Crippen LogP) is 3.32. The molecule has 2 fully saturated rings. The van der Waals surface area contributed by atoms with Gasteiger partial charge in [-0.2, -0.15) is 0 Å². The number of carbonyl (C=O) groups is 3. The number of aliphatic hydroxyl groups excluding tert-OH is 2. The van der Waals surface area contributed by atoms with Crippen molar-refractivity contribution in [2.75, 3.05) is 28.3 Å². The van der Waals surface area contributed by atoms with Gasteiger partial charge in [0.1, 0.15) is 35.4 Å². The average molecular weight is 738 g/mol. The maximum Gasteiger partial charge on any atom is 0.312 e. The van der Waals surface area contributed by atoms with E-state index in [4.69, 9.17) is 28.4 Å². The highest BCUT2D eigenvalue weighted by molar-refractivity contribution is 5.83. The molecule has 13 heteroatoms. The molecule has 0 unspecified atom stereocenters. The number of Topliss-reactive ketones (excluding diaryl/α,β-unsaturated/α-hetero) is 1. The van der Waals surface area contributed by atoms with E-state index in [0.29, 0.717) is 17.7 Å². The van der Waals surface area contributed by atoms with Gasteiger partial charge < -0.3 is 48.6 Å². The molecule has 1 aromatic carbocycles. The maximum absolute atomic E-state index is 14.0. The molecule has 0 aromatic heterocycles. The van der Waals surface area contributed by atoms with Gasteiger partial charge in [-0.3, -0.25) is 14.4 Å². The zero-order valence-corrected chi connectivity index (χ0v) is 33.0. The Kier molecular flexibility index (Phi) is 15.2. The van der Waals surface area contributed by atoms with E-state index in [2.05, 4.69) is 0 Å². The maximum atomic E-state index is 14.0. The first-order valence-corrected chi connectivity index (χ1v) is 18.4. The van der Waals surface area contributed by atoms with Gasteiger partial charge in [-0.1, -0.05) is 39.8 Å². The normalized spacial score (nSPS) is 39.8. The number of aliphatic hydroxyl groups is 3. The van der Waals surface area contributed by atoms with Crippen LogP contribution in [0.2, 0.25) is 0 Å². The zero-order valence-electron chi connectivity index (χ0n) is 33.0. The number of nitrogens with zero attached hydrogens (tertiary/aromatic N) is 1. The molecular weight excluding hydrogens is 674 g/mol. The third-order valence-electron chi connectivity index (χ3n) is 11.3. The van der Waals surface area contributed by atoms with Crippen LogP contribution in [0.5, 0.6) is 5.75 Å². The van der Waals surface area contributed by atoms with Gasteiger partial charge in [0.05, 0.1) is 43.4 Å². The van der Waals surface area contributed by atoms with Crippen molar-refractivity contribution in [1.29, 1.82) is 0 Å². The third-order valence-corrected chi connectivity index (χ3v) is 11.3. The van der Waals surface area contributed by atoms with E-state index in [1.807, 2.05) is 25.9 Å². The summed E-state index contributed by atoms with van der Waals surface area (Å²) in [5, 5.41) is 34.5. The first-order chi connectivity index (χ1) is 24.2. The van der Waals surface area contributed by atoms with E-state index >= 15 is 0 Å². The summed E-state index contributed by atoms with van der Waals surface area (Å²) in [5.41, 5.74) is -2.62. The lowest BCUT2D eigenvalue weighted by Gasteiger charge is -2.48. The number of cyclic esters (lactones) is 1. The van der Waals surface area contributed by atoms with Crippen molar-refractivity contribution in [2.24, 2.45) is 23.7 Å². The van der Waals surface area contributed by atoms with Crippen LogP contribution in [0.15, 0.2) is 24.3 Å². The zero-order chi connectivity index (χ0) is 39.3. The number of benzene rings is 1. The molecule has 296 valence electrons. The number of rotatable bonds is 9. The number of esters is 2. The molecule has 2 aliphatic rings. The van der Waals surface area contributed by atoms with Crippen molar-refractivity contribution in [3.8, 4) is 5.75 Å². The van der Waals surface area contributed by atoms with E-state index in [0.717, 1.165) is 0 Å². The molecule has 0 bridgehead atoms. The lowest BCUT2D eigenvalue weighted by atomic mass is 9.74. The van der Waals surface area contributed by atoms with Gasteiger partial charge in [0.2, 0.25) is 0 Å². The van der Waals surface area contributed by atoms with Crippen LogP contribution in [-0.2, 0) is 44.5 Å². The predicted molar refractivity (Wildman–Crippen MR) is 192 cm³/mol. The van der Waals surface area contributed by atoms with E-state index in [9.17, 15) is 29.7 Å². The number of ether oxygens (including phenoxy) is 6. The summed E-state index contributed by atoms with van der Waals surface area (Å²) in [6.07, 6.45) is -6.82. The second-order valence-electron chi connectivity index (χ2n) is 15.6. The fourth-order valence-electron chi connectivity index (χ4n) is 7.89. The van der Waals surface area contributed by atoms with E-state index < -0.39 is 83.6 Å². The number of ketones is 1.